The molecule has 0 atom stereocenters. The summed E-state index contributed by atoms with van der Waals surface area (Å²) in [5.41, 5.74) is 9.80. The zero-order valence-corrected chi connectivity index (χ0v) is 32.5. The Morgan fingerprint density at radius 3 is 2.17 bits per heavy atom. The largest absolute Gasteiger partial charge is 0.512 e. The van der Waals surface area contributed by atoms with Crippen molar-refractivity contribution in [3.8, 4) is 22.4 Å². The van der Waals surface area contributed by atoms with Gasteiger partial charge < -0.3 is 14.5 Å². The van der Waals surface area contributed by atoms with Gasteiger partial charge in [0.25, 0.3) is 0 Å². The smallest absolute Gasteiger partial charge is 0.162 e. The van der Waals surface area contributed by atoms with Crippen LogP contribution >= 0.6 is 11.3 Å². The van der Waals surface area contributed by atoms with E-state index in [1.807, 2.05) is 40.0 Å². The topological polar surface area (TPSA) is 63.3 Å². The van der Waals surface area contributed by atoms with Gasteiger partial charge in [0.15, 0.2) is 5.78 Å². The molecule has 6 aromatic rings. The van der Waals surface area contributed by atoms with Gasteiger partial charge in [0.05, 0.1) is 16.0 Å². The number of aromatic nitrogens is 1. The zero-order chi connectivity index (χ0) is 33.8. The van der Waals surface area contributed by atoms with E-state index < -0.39 is 0 Å². The van der Waals surface area contributed by atoms with Crippen LogP contribution in [0.15, 0.2) is 77.0 Å². The van der Waals surface area contributed by atoms with E-state index in [9.17, 15) is 9.90 Å². The molecule has 6 rings (SSSR count). The van der Waals surface area contributed by atoms with Crippen LogP contribution < -0.4 is 0 Å². The number of benzene rings is 3. The van der Waals surface area contributed by atoms with Crippen molar-refractivity contribution in [1.82, 2.24) is 4.98 Å². The summed E-state index contributed by atoms with van der Waals surface area (Å²) in [5, 5.41) is 13.2. The summed E-state index contributed by atoms with van der Waals surface area (Å²) in [6, 6.07) is 22.7. The van der Waals surface area contributed by atoms with E-state index in [2.05, 4.69) is 82.3 Å². The minimum atomic E-state index is 0. The molecule has 0 unspecified atom stereocenters. The number of nitrogens with zero attached hydrogens (tertiary/aromatic N) is 1. The van der Waals surface area contributed by atoms with Gasteiger partial charge in [-0.05, 0) is 98.3 Å². The SMILES string of the molecule is CCC(CC)C(=O)/C=C(\O)C(CC)CC.Cc1cc2ccc3c4cc[c-]c(-c5cc(-c6c(C)cccc6C)c(C)cn5)c4oc3c2s1.[Ir]. The van der Waals surface area contributed by atoms with E-state index in [1.165, 1.54) is 48.9 Å². The summed E-state index contributed by atoms with van der Waals surface area (Å²) >= 11 is 1.78. The van der Waals surface area contributed by atoms with Crippen molar-refractivity contribution in [2.45, 2.75) is 81.1 Å². The normalized spacial score (nSPS) is 11.8. The summed E-state index contributed by atoms with van der Waals surface area (Å²) in [6.07, 6.45) is 6.87. The Morgan fingerprint density at radius 2 is 1.52 bits per heavy atom. The number of rotatable bonds is 9. The van der Waals surface area contributed by atoms with Gasteiger partial charge in [-0.25, -0.2) is 0 Å². The van der Waals surface area contributed by atoms with Gasteiger partial charge in [-0.15, -0.1) is 29.5 Å². The van der Waals surface area contributed by atoms with Crippen molar-refractivity contribution in [3.05, 3.63) is 100 Å². The molecule has 0 fully saturated rings. The number of aryl methyl sites for hydroxylation is 4. The third-order valence-electron chi connectivity index (χ3n) is 9.40. The third kappa shape index (κ3) is 7.52. The Bertz CT molecular complexity index is 2060. The maximum Gasteiger partial charge on any atom is 0.162 e. The summed E-state index contributed by atoms with van der Waals surface area (Å²) in [5.74, 6) is 0.547. The van der Waals surface area contributed by atoms with E-state index in [4.69, 9.17) is 9.40 Å². The van der Waals surface area contributed by atoms with Crippen LogP contribution in [0.3, 0.4) is 0 Å². The Hall–Kier alpha value is -3.57. The number of ketones is 1. The molecule has 1 radical (unpaired) electrons. The Labute approximate surface area is 302 Å². The van der Waals surface area contributed by atoms with Gasteiger partial charge in [0.1, 0.15) is 5.58 Å². The van der Waals surface area contributed by atoms with E-state index in [-0.39, 0.29) is 43.5 Å². The quantitative estimate of drug-likeness (QED) is 0.0895. The fraction of sp³-hybridized carbons (Fsp3) is 0.333. The number of carbonyl (C=O) groups excluding carboxylic acids is 1. The number of aliphatic hydroxyl groups is 1. The molecule has 0 amide bonds. The predicted octanol–water partition coefficient (Wildman–Crippen LogP) is 12.4. The molecule has 0 spiro atoms. The number of pyridine rings is 1. The van der Waals surface area contributed by atoms with E-state index in [0.717, 1.165) is 58.9 Å². The maximum atomic E-state index is 11.7. The number of fused-ring (bicyclic) bond motifs is 5. The number of hydrogen-bond donors (Lipinski definition) is 1. The first kappa shape index (κ1) is 37.3. The monoisotopic (exact) mass is 837 g/mol. The summed E-state index contributed by atoms with van der Waals surface area (Å²) in [6.45, 7) is 16.7. The molecule has 4 nitrogen and oxygen atoms in total. The number of aliphatic hydroxyl groups excluding tert-OH is 1. The number of allylic oxidation sites excluding steroid dienone is 2. The van der Waals surface area contributed by atoms with Crippen molar-refractivity contribution in [2.24, 2.45) is 11.8 Å². The van der Waals surface area contributed by atoms with Crippen LogP contribution in [0.1, 0.15) is 74.9 Å². The van der Waals surface area contributed by atoms with Crippen molar-refractivity contribution in [1.29, 1.82) is 0 Å². The maximum absolute atomic E-state index is 11.7. The minimum Gasteiger partial charge on any atom is -0.512 e. The van der Waals surface area contributed by atoms with E-state index >= 15 is 0 Å². The van der Waals surface area contributed by atoms with Crippen molar-refractivity contribution in [3.63, 3.8) is 0 Å². The standard InChI is InChI=1S/C29H22NOS.C13H24O2.Ir/c1-16-7-5-8-17(2)26(16)24-14-25(30-15-18(24)3)23-10-6-9-21-22-12-11-20-13-19(4)32-29(20)28(22)31-27(21)23;1-5-10(6-2)12(14)9-13(15)11(7-3)8-4;/h5-9,11-15H,1-4H3;9-11,14H,5-8H2,1-4H3;/q-1;;/b;12-9-;. The van der Waals surface area contributed by atoms with Crippen LogP contribution in [0.25, 0.3) is 54.4 Å². The fourth-order valence-corrected chi connectivity index (χ4v) is 7.56. The van der Waals surface area contributed by atoms with Crippen LogP contribution in [0.2, 0.25) is 0 Å². The average Bonchev–Trinajstić information content (AvgIpc) is 3.63. The molecule has 253 valence electrons. The van der Waals surface area contributed by atoms with Crippen LogP contribution in [-0.4, -0.2) is 15.9 Å². The van der Waals surface area contributed by atoms with Crippen LogP contribution in [0.4, 0.5) is 0 Å². The average molecular weight is 837 g/mol. The molecular formula is C42H46IrNO3S-. The molecule has 3 aromatic carbocycles. The number of thiophene rings is 1. The molecule has 48 heavy (non-hydrogen) atoms. The first-order valence-electron chi connectivity index (χ1n) is 16.9. The molecule has 0 bridgehead atoms. The summed E-state index contributed by atoms with van der Waals surface area (Å²) in [4.78, 5) is 17.8. The number of furan rings is 1. The van der Waals surface area contributed by atoms with Gasteiger partial charge in [-0.2, -0.15) is 0 Å². The Kier molecular flexibility index (Phi) is 12.6. The summed E-state index contributed by atoms with van der Waals surface area (Å²) < 4.78 is 7.73. The molecular weight excluding hydrogens is 791 g/mol. The molecule has 6 heteroatoms. The number of hydrogen-bond acceptors (Lipinski definition) is 5. The molecule has 0 aliphatic carbocycles. The van der Waals surface area contributed by atoms with Crippen LogP contribution in [0.5, 0.6) is 0 Å². The number of carbonyl (C=O) groups is 1. The Morgan fingerprint density at radius 1 is 0.875 bits per heavy atom. The van der Waals surface area contributed by atoms with Gasteiger partial charge in [-0.3, -0.25) is 4.79 Å². The van der Waals surface area contributed by atoms with E-state index in [1.54, 1.807) is 11.3 Å². The zero-order valence-electron chi connectivity index (χ0n) is 29.3. The van der Waals surface area contributed by atoms with Crippen LogP contribution in [-0.2, 0) is 24.9 Å². The molecule has 3 heterocycles. The molecule has 0 aliphatic heterocycles. The molecule has 0 saturated heterocycles. The van der Waals surface area contributed by atoms with Gasteiger partial charge in [-0.1, -0.05) is 75.0 Å². The molecule has 0 saturated carbocycles. The predicted molar refractivity (Wildman–Crippen MR) is 199 cm³/mol. The van der Waals surface area contributed by atoms with Gasteiger partial charge >= 0.3 is 0 Å². The fourth-order valence-electron chi connectivity index (χ4n) is 6.56. The molecule has 1 N–H and O–H groups in total. The first-order valence-corrected chi connectivity index (χ1v) is 17.7. The Balaban J connectivity index is 0.000000279. The van der Waals surface area contributed by atoms with Crippen molar-refractivity contribution >= 4 is 49.1 Å². The van der Waals surface area contributed by atoms with Crippen LogP contribution in [0, 0.1) is 45.6 Å². The second-order valence-corrected chi connectivity index (χ2v) is 13.8. The first-order chi connectivity index (χ1) is 22.6. The second-order valence-electron chi connectivity index (χ2n) is 12.6. The molecule has 3 aromatic heterocycles. The van der Waals surface area contributed by atoms with Crippen molar-refractivity contribution in [2.75, 3.05) is 0 Å². The van der Waals surface area contributed by atoms with Gasteiger partial charge in [0.2, 0.25) is 0 Å². The molecule has 0 aliphatic rings. The third-order valence-corrected chi connectivity index (χ3v) is 10.5. The summed E-state index contributed by atoms with van der Waals surface area (Å²) in [7, 11) is 0. The second kappa shape index (κ2) is 16.2. The minimum absolute atomic E-state index is 0. The van der Waals surface area contributed by atoms with Gasteiger partial charge in [0, 0.05) is 54.5 Å². The van der Waals surface area contributed by atoms with Crippen molar-refractivity contribution < 1.29 is 34.4 Å². The van der Waals surface area contributed by atoms with E-state index in [0.29, 0.717) is 0 Å².